The number of rotatable bonds is 6. The van der Waals surface area contributed by atoms with Crippen molar-refractivity contribution in [2.75, 3.05) is 6.54 Å². The van der Waals surface area contributed by atoms with E-state index in [9.17, 15) is 9.18 Å². The van der Waals surface area contributed by atoms with Gasteiger partial charge in [-0.2, -0.15) is 0 Å². The molecule has 0 fully saturated rings. The number of para-hydroxylation sites is 2. The first kappa shape index (κ1) is 15.9. The fraction of sp³-hybridized carbons (Fsp3) is 0.158. The maximum absolute atomic E-state index is 13.4. The third-order valence-corrected chi connectivity index (χ3v) is 3.72. The number of aromatic nitrogens is 2. The largest absolute Gasteiger partial charge is 0.352 e. The normalized spacial score (nSPS) is 11.2. The average Bonchev–Trinajstić information content (AvgIpc) is 3.01. The van der Waals surface area contributed by atoms with E-state index in [1.807, 2.05) is 30.6 Å². The minimum Gasteiger partial charge on any atom is -0.352 e. The third kappa shape index (κ3) is 3.87. The van der Waals surface area contributed by atoms with Crippen molar-refractivity contribution in [1.82, 2.24) is 14.9 Å². The number of halogens is 1. The lowest BCUT2D eigenvalue weighted by Crippen LogP contribution is -2.23. The number of aryl methyl sites for hydroxylation is 1. The van der Waals surface area contributed by atoms with Gasteiger partial charge in [-0.25, -0.2) is 9.37 Å². The minimum atomic E-state index is -0.339. The summed E-state index contributed by atoms with van der Waals surface area (Å²) in [6, 6.07) is 14.3. The Bertz CT molecular complexity index is 870. The Balaban J connectivity index is 1.46. The van der Waals surface area contributed by atoms with Gasteiger partial charge in [-0.3, -0.25) is 4.79 Å². The number of amides is 1. The highest BCUT2D eigenvalue weighted by Gasteiger charge is 2.02. The standard InChI is InChI=1S/C19H18FN3O/c20-16-7-2-1-6-15(16)10-11-19(24)21-12-5-13-23-14-22-17-8-3-4-9-18(17)23/h1-4,6-11,14H,5,12-13H2,(H,21,24)/b11-10+. The van der Waals surface area contributed by atoms with Gasteiger partial charge in [0.15, 0.2) is 0 Å². The molecule has 0 spiro atoms. The van der Waals surface area contributed by atoms with Gasteiger partial charge in [-0.05, 0) is 30.7 Å². The summed E-state index contributed by atoms with van der Waals surface area (Å²) >= 11 is 0. The molecule has 24 heavy (non-hydrogen) atoms. The number of hydrogen-bond donors (Lipinski definition) is 1. The van der Waals surface area contributed by atoms with Crippen LogP contribution in [0.2, 0.25) is 0 Å². The van der Waals surface area contributed by atoms with E-state index in [1.54, 1.807) is 18.2 Å². The zero-order valence-corrected chi connectivity index (χ0v) is 13.2. The second-order valence-corrected chi connectivity index (χ2v) is 5.43. The first-order valence-electron chi connectivity index (χ1n) is 7.84. The lowest BCUT2D eigenvalue weighted by molar-refractivity contribution is -0.116. The SMILES string of the molecule is O=C(/C=C/c1ccccc1F)NCCCn1cnc2ccccc21. The number of imidazole rings is 1. The van der Waals surface area contributed by atoms with Gasteiger partial charge in [-0.1, -0.05) is 30.3 Å². The fourth-order valence-electron chi connectivity index (χ4n) is 2.48. The first-order valence-corrected chi connectivity index (χ1v) is 7.84. The number of fused-ring (bicyclic) bond motifs is 1. The molecule has 1 N–H and O–H groups in total. The summed E-state index contributed by atoms with van der Waals surface area (Å²) in [7, 11) is 0. The van der Waals surface area contributed by atoms with Gasteiger partial charge in [0.05, 0.1) is 17.4 Å². The molecule has 4 nitrogen and oxygen atoms in total. The topological polar surface area (TPSA) is 46.9 Å². The second kappa shape index (κ2) is 7.55. The van der Waals surface area contributed by atoms with Gasteiger partial charge in [0, 0.05) is 24.7 Å². The molecule has 3 rings (SSSR count). The van der Waals surface area contributed by atoms with Crippen LogP contribution in [0.4, 0.5) is 4.39 Å². The molecule has 1 amide bonds. The molecule has 0 bridgehead atoms. The van der Waals surface area contributed by atoms with Crippen LogP contribution in [-0.2, 0) is 11.3 Å². The van der Waals surface area contributed by atoms with Crippen LogP contribution in [-0.4, -0.2) is 22.0 Å². The Hall–Kier alpha value is -2.95. The molecule has 0 atom stereocenters. The average molecular weight is 323 g/mol. The van der Waals surface area contributed by atoms with Crippen LogP contribution < -0.4 is 5.32 Å². The number of nitrogens with one attached hydrogen (secondary N) is 1. The Morgan fingerprint density at radius 3 is 2.83 bits per heavy atom. The molecule has 2 aromatic carbocycles. The molecule has 0 aliphatic carbocycles. The summed E-state index contributed by atoms with van der Waals surface area (Å²) in [6.07, 6.45) is 5.43. The summed E-state index contributed by atoms with van der Waals surface area (Å²) in [5.74, 6) is -0.567. The highest BCUT2D eigenvalue weighted by molar-refractivity contribution is 5.91. The van der Waals surface area contributed by atoms with Crippen molar-refractivity contribution in [3.8, 4) is 0 Å². The molecule has 1 aromatic heterocycles. The smallest absolute Gasteiger partial charge is 0.244 e. The van der Waals surface area contributed by atoms with E-state index < -0.39 is 0 Å². The lowest BCUT2D eigenvalue weighted by Gasteiger charge is -2.05. The molecular formula is C19H18FN3O. The summed E-state index contributed by atoms with van der Waals surface area (Å²) in [6.45, 7) is 1.32. The Morgan fingerprint density at radius 2 is 1.96 bits per heavy atom. The van der Waals surface area contributed by atoms with Gasteiger partial charge < -0.3 is 9.88 Å². The number of carbonyl (C=O) groups is 1. The van der Waals surface area contributed by atoms with Gasteiger partial charge in [0.2, 0.25) is 5.91 Å². The summed E-state index contributed by atoms with van der Waals surface area (Å²) in [4.78, 5) is 16.1. The molecule has 1 heterocycles. The molecular weight excluding hydrogens is 305 g/mol. The third-order valence-electron chi connectivity index (χ3n) is 3.72. The highest BCUT2D eigenvalue weighted by atomic mass is 19.1. The Morgan fingerprint density at radius 1 is 1.17 bits per heavy atom. The van der Waals surface area contributed by atoms with E-state index in [0.717, 1.165) is 24.0 Å². The number of carbonyl (C=O) groups excluding carboxylic acids is 1. The van der Waals surface area contributed by atoms with E-state index >= 15 is 0 Å². The highest BCUT2D eigenvalue weighted by Crippen LogP contribution is 2.12. The van der Waals surface area contributed by atoms with Crippen molar-refractivity contribution in [2.45, 2.75) is 13.0 Å². The second-order valence-electron chi connectivity index (χ2n) is 5.43. The van der Waals surface area contributed by atoms with Crippen molar-refractivity contribution in [3.05, 3.63) is 72.3 Å². The van der Waals surface area contributed by atoms with Crippen molar-refractivity contribution >= 4 is 23.0 Å². The van der Waals surface area contributed by atoms with Crippen molar-refractivity contribution in [2.24, 2.45) is 0 Å². The van der Waals surface area contributed by atoms with E-state index in [2.05, 4.69) is 14.9 Å². The van der Waals surface area contributed by atoms with E-state index in [-0.39, 0.29) is 11.7 Å². The van der Waals surface area contributed by atoms with Gasteiger partial charge in [0.25, 0.3) is 0 Å². The Kier molecular flexibility index (Phi) is 5.01. The Labute approximate surface area is 139 Å². The quantitative estimate of drug-likeness (QED) is 0.558. The molecule has 0 aliphatic heterocycles. The van der Waals surface area contributed by atoms with Gasteiger partial charge >= 0.3 is 0 Å². The van der Waals surface area contributed by atoms with E-state index in [4.69, 9.17) is 0 Å². The van der Waals surface area contributed by atoms with Crippen LogP contribution >= 0.6 is 0 Å². The van der Waals surface area contributed by atoms with Crippen molar-refractivity contribution in [3.63, 3.8) is 0 Å². The number of nitrogens with zero attached hydrogens (tertiary/aromatic N) is 2. The van der Waals surface area contributed by atoms with E-state index in [1.165, 1.54) is 18.2 Å². The van der Waals surface area contributed by atoms with Crippen LogP contribution in [0.5, 0.6) is 0 Å². The number of benzene rings is 2. The minimum absolute atomic E-state index is 0.228. The van der Waals surface area contributed by atoms with Crippen LogP contribution in [0.1, 0.15) is 12.0 Å². The number of hydrogen-bond acceptors (Lipinski definition) is 2. The zero-order valence-electron chi connectivity index (χ0n) is 13.2. The van der Waals surface area contributed by atoms with Crippen LogP contribution in [0.3, 0.4) is 0 Å². The molecule has 0 saturated carbocycles. The summed E-state index contributed by atoms with van der Waals surface area (Å²) < 4.78 is 15.5. The molecule has 122 valence electrons. The van der Waals surface area contributed by atoms with Crippen LogP contribution in [0, 0.1) is 5.82 Å². The predicted molar refractivity (Wildman–Crippen MR) is 92.8 cm³/mol. The molecule has 0 radical (unpaired) electrons. The van der Waals surface area contributed by atoms with Crippen LogP contribution in [0.25, 0.3) is 17.1 Å². The van der Waals surface area contributed by atoms with Crippen molar-refractivity contribution < 1.29 is 9.18 Å². The summed E-state index contributed by atoms with van der Waals surface area (Å²) in [5, 5.41) is 2.80. The molecule has 3 aromatic rings. The zero-order chi connectivity index (χ0) is 16.8. The van der Waals surface area contributed by atoms with Crippen LogP contribution in [0.15, 0.2) is 60.9 Å². The van der Waals surface area contributed by atoms with Crippen molar-refractivity contribution in [1.29, 1.82) is 0 Å². The fourth-order valence-corrected chi connectivity index (χ4v) is 2.48. The van der Waals surface area contributed by atoms with Gasteiger partial charge in [-0.15, -0.1) is 0 Å². The molecule has 0 saturated heterocycles. The molecule has 0 unspecified atom stereocenters. The maximum Gasteiger partial charge on any atom is 0.244 e. The predicted octanol–water partition coefficient (Wildman–Crippen LogP) is 3.40. The first-order chi connectivity index (χ1) is 11.7. The summed E-state index contributed by atoms with van der Waals surface area (Å²) in [5.41, 5.74) is 2.45. The molecule has 5 heteroatoms. The molecule has 0 aliphatic rings. The monoisotopic (exact) mass is 323 g/mol. The lowest BCUT2D eigenvalue weighted by atomic mass is 10.2. The maximum atomic E-state index is 13.4. The van der Waals surface area contributed by atoms with Gasteiger partial charge in [0.1, 0.15) is 5.82 Å². The van der Waals surface area contributed by atoms with E-state index in [0.29, 0.717) is 12.1 Å².